The van der Waals surface area contributed by atoms with Crippen molar-refractivity contribution in [3.05, 3.63) is 52.8 Å². The number of nitrogens with zero attached hydrogens (tertiary/aromatic N) is 2. The molecular weight excluding hydrogens is 400 g/mol. The van der Waals surface area contributed by atoms with E-state index in [0.717, 1.165) is 0 Å². The lowest BCUT2D eigenvalue weighted by Crippen LogP contribution is -2.44. The number of amides is 1. The summed E-state index contributed by atoms with van der Waals surface area (Å²) in [5.41, 5.74) is 5.91. The Morgan fingerprint density at radius 3 is 2.93 bits per heavy atom. The number of pyridine rings is 1. The van der Waals surface area contributed by atoms with Gasteiger partial charge in [-0.1, -0.05) is 0 Å². The largest absolute Gasteiger partial charge is 0.489 e. The van der Waals surface area contributed by atoms with Gasteiger partial charge in [-0.3, -0.25) is 14.8 Å². The van der Waals surface area contributed by atoms with Crippen LogP contribution in [0.15, 0.2) is 50.6 Å². The number of aromatic amines is 1. The number of carbonyl (C=O) groups excluding carboxylic acids is 1. The Labute approximate surface area is 165 Å². The van der Waals surface area contributed by atoms with E-state index < -0.39 is 21.7 Å². The molecule has 10 nitrogen and oxygen atoms in total. The van der Waals surface area contributed by atoms with E-state index in [0.29, 0.717) is 30.7 Å². The van der Waals surface area contributed by atoms with Crippen molar-refractivity contribution in [2.24, 2.45) is 5.73 Å². The highest BCUT2D eigenvalue weighted by Gasteiger charge is 2.31. The molecule has 0 bridgehead atoms. The average Bonchev–Trinajstić information content (AvgIpc) is 3.07. The second-order valence-corrected chi connectivity index (χ2v) is 8.60. The van der Waals surface area contributed by atoms with Gasteiger partial charge in [-0.25, -0.2) is 13.2 Å². The standard InChI is InChI=1S/C18H18N4O6S/c19-17(23)15-8-11(5-6-20-15)27-12-2-1-7-22(10-12)29(25,26)13-3-4-16-14(9-13)21-18(24)28-16/h3-6,8-9,12H,1-2,7,10H2,(H2,19,23)(H,21,24). The van der Waals surface area contributed by atoms with Crippen LogP contribution in [0.4, 0.5) is 0 Å². The molecule has 0 saturated carbocycles. The predicted molar refractivity (Wildman–Crippen MR) is 102 cm³/mol. The Kier molecular flexibility index (Phi) is 4.84. The van der Waals surface area contributed by atoms with Crippen LogP contribution in [0.1, 0.15) is 23.3 Å². The Hall–Kier alpha value is -3.18. The Balaban J connectivity index is 1.54. The lowest BCUT2D eigenvalue weighted by Gasteiger charge is -2.32. The minimum atomic E-state index is -3.79. The summed E-state index contributed by atoms with van der Waals surface area (Å²) in [6, 6.07) is 7.24. The Bertz CT molecular complexity index is 1230. The van der Waals surface area contributed by atoms with Gasteiger partial charge < -0.3 is 14.9 Å². The number of primary amides is 1. The fourth-order valence-electron chi connectivity index (χ4n) is 3.27. The third-order valence-electron chi connectivity index (χ3n) is 4.66. The van der Waals surface area contributed by atoms with Gasteiger partial charge in [0.15, 0.2) is 5.58 Å². The molecule has 1 saturated heterocycles. The Morgan fingerprint density at radius 1 is 1.31 bits per heavy atom. The lowest BCUT2D eigenvalue weighted by atomic mass is 10.1. The molecule has 1 aliphatic heterocycles. The van der Waals surface area contributed by atoms with E-state index in [1.165, 1.54) is 34.8 Å². The van der Waals surface area contributed by atoms with Crippen LogP contribution in [0.2, 0.25) is 0 Å². The SMILES string of the molecule is NC(=O)c1cc(OC2CCCN(S(=O)(=O)c3ccc4oc(=O)[nH]c4c3)C2)ccn1. The average molecular weight is 418 g/mol. The molecule has 0 spiro atoms. The highest BCUT2D eigenvalue weighted by molar-refractivity contribution is 7.89. The first-order chi connectivity index (χ1) is 13.8. The third kappa shape index (κ3) is 3.87. The van der Waals surface area contributed by atoms with Gasteiger partial charge in [0.2, 0.25) is 10.0 Å². The summed E-state index contributed by atoms with van der Waals surface area (Å²) >= 11 is 0. The van der Waals surface area contributed by atoms with Crippen molar-refractivity contribution >= 4 is 27.0 Å². The monoisotopic (exact) mass is 418 g/mol. The fraction of sp³-hybridized carbons (Fsp3) is 0.278. The number of benzene rings is 1. The van der Waals surface area contributed by atoms with Crippen LogP contribution in [0.25, 0.3) is 11.1 Å². The van der Waals surface area contributed by atoms with Crippen LogP contribution in [0, 0.1) is 0 Å². The number of aromatic nitrogens is 2. The number of carbonyl (C=O) groups is 1. The van der Waals surface area contributed by atoms with Crippen LogP contribution in [0.3, 0.4) is 0 Å². The van der Waals surface area contributed by atoms with Crippen LogP contribution >= 0.6 is 0 Å². The number of sulfonamides is 1. The van der Waals surface area contributed by atoms with Crippen LogP contribution in [0.5, 0.6) is 5.75 Å². The maximum atomic E-state index is 13.1. The molecule has 2 aromatic heterocycles. The smallest absolute Gasteiger partial charge is 0.417 e. The normalized spacial score (nSPS) is 18.0. The first kappa shape index (κ1) is 19.2. The summed E-state index contributed by atoms with van der Waals surface area (Å²) < 4.78 is 38.2. The zero-order valence-corrected chi connectivity index (χ0v) is 16.0. The van der Waals surface area contributed by atoms with Crippen molar-refractivity contribution in [1.82, 2.24) is 14.3 Å². The number of rotatable bonds is 5. The summed E-state index contributed by atoms with van der Waals surface area (Å²) in [6.45, 7) is 0.502. The van der Waals surface area contributed by atoms with Gasteiger partial charge >= 0.3 is 5.76 Å². The van der Waals surface area contributed by atoms with Crippen molar-refractivity contribution in [1.29, 1.82) is 0 Å². The van der Waals surface area contributed by atoms with Crippen molar-refractivity contribution in [3.8, 4) is 5.75 Å². The van der Waals surface area contributed by atoms with Crippen molar-refractivity contribution in [2.75, 3.05) is 13.1 Å². The summed E-state index contributed by atoms with van der Waals surface area (Å²) in [5.74, 6) is -0.917. The number of H-pyrrole nitrogens is 1. The van der Waals surface area contributed by atoms with Gasteiger partial charge in [-0.15, -0.1) is 0 Å². The highest BCUT2D eigenvalue weighted by Crippen LogP contribution is 2.25. The van der Waals surface area contributed by atoms with E-state index in [-0.39, 0.29) is 28.8 Å². The highest BCUT2D eigenvalue weighted by atomic mass is 32.2. The quantitative estimate of drug-likeness (QED) is 0.624. The molecule has 29 heavy (non-hydrogen) atoms. The number of fused-ring (bicyclic) bond motifs is 1. The van der Waals surface area contributed by atoms with Gasteiger partial charge in [0.05, 0.1) is 17.0 Å². The molecule has 11 heteroatoms. The van der Waals surface area contributed by atoms with Crippen molar-refractivity contribution in [2.45, 2.75) is 23.8 Å². The molecule has 1 aromatic carbocycles. The molecule has 1 unspecified atom stereocenters. The molecule has 1 aliphatic rings. The van der Waals surface area contributed by atoms with Crippen LogP contribution in [-0.2, 0) is 10.0 Å². The molecule has 3 N–H and O–H groups in total. The number of oxazole rings is 1. The number of hydrogen-bond acceptors (Lipinski definition) is 7. The molecule has 152 valence electrons. The molecule has 0 radical (unpaired) electrons. The maximum Gasteiger partial charge on any atom is 0.417 e. The van der Waals surface area contributed by atoms with Gasteiger partial charge in [0.25, 0.3) is 5.91 Å². The van der Waals surface area contributed by atoms with E-state index in [4.69, 9.17) is 14.9 Å². The van der Waals surface area contributed by atoms with Gasteiger partial charge in [0.1, 0.15) is 17.5 Å². The topological polar surface area (TPSA) is 149 Å². The molecule has 3 heterocycles. The summed E-state index contributed by atoms with van der Waals surface area (Å²) in [6.07, 6.45) is 2.30. The minimum Gasteiger partial charge on any atom is -0.489 e. The van der Waals surface area contributed by atoms with Crippen LogP contribution in [-0.4, -0.2) is 47.8 Å². The molecule has 1 atom stereocenters. The first-order valence-corrected chi connectivity index (χ1v) is 10.3. The number of nitrogens with one attached hydrogen (secondary N) is 1. The van der Waals surface area contributed by atoms with E-state index in [9.17, 15) is 18.0 Å². The predicted octanol–water partition coefficient (Wildman–Crippen LogP) is 0.847. The second kappa shape index (κ2) is 7.33. The summed E-state index contributed by atoms with van der Waals surface area (Å²) in [4.78, 5) is 28.9. The fourth-order valence-corrected chi connectivity index (χ4v) is 4.81. The Morgan fingerprint density at radius 2 is 2.14 bits per heavy atom. The van der Waals surface area contributed by atoms with E-state index in [1.807, 2.05) is 0 Å². The molecule has 1 amide bonds. The zero-order chi connectivity index (χ0) is 20.6. The number of ether oxygens (including phenoxy) is 1. The molecule has 4 rings (SSSR count). The summed E-state index contributed by atoms with van der Waals surface area (Å²) in [5, 5.41) is 0. The van der Waals surface area contributed by atoms with E-state index >= 15 is 0 Å². The van der Waals surface area contributed by atoms with E-state index in [1.54, 1.807) is 6.07 Å². The zero-order valence-electron chi connectivity index (χ0n) is 15.2. The molecule has 3 aromatic rings. The summed E-state index contributed by atoms with van der Waals surface area (Å²) in [7, 11) is -3.79. The molecular formula is C18H18N4O6S. The van der Waals surface area contributed by atoms with Crippen LogP contribution < -0.4 is 16.2 Å². The minimum absolute atomic E-state index is 0.0580. The van der Waals surface area contributed by atoms with Gasteiger partial charge in [-0.05, 0) is 37.1 Å². The van der Waals surface area contributed by atoms with Crippen molar-refractivity contribution < 1.29 is 22.4 Å². The van der Waals surface area contributed by atoms with Gasteiger partial charge in [0, 0.05) is 18.8 Å². The van der Waals surface area contributed by atoms with Crippen molar-refractivity contribution in [3.63, 3.8) is 0 Å². The number of nitrogens with two attached hydrogens (primary N) is 1. The number of piperidine rings is 1. The molecule has 0 aliphatic carbocycles. The second-order valence-electron chi connectivity index (χ2n) is 6.66. The third-order valence-corrected chi connectivity index (χ3v) is 6.52. The number of hydrogen-bond donors (Lipinski definition) is 2. The van der Waals surface area contributed by atoms with Gasteiger partial charge in [-0.2, -0.15) is 4.31 Å². The maximum absolute atomic E-state index is 13.1. The van der Waals surface area contributed by atoms with E-state index in [2.05, 4.69) is 9.97 Å². The molecule has 1 fully saturated rings. The lowest BCUT2D eigenvalue weighted by molar-refractivity contribution is 0.0993. The first-order valence-electron chi connectivity index (χ1n) is 8.88.